The molecule has 0 fully saturated rings. The van der Waals surface area contributed by atoms with Gasteiger partial charge < -0.3 is 35.6 Å². The average molecular weight is 744 g/mol. The summed E-state index contributed by atoms with van der Waals surface area (Å²) in [4.78, 5) is 35.6. The average Bonchev–Trinajstić information content (AvgIpc) is 3.44. The van der Waals surface area contributed by atoms with E-state index in [-0.39, 0.29) is 17.6 Å². The summed E-state index contributed by atoms with van der Waals surface area (Å²) in [6.45, 7) is 2.76. The summed E-state index contributed by atoms with van der Waals surface area (Å²) in [7, 11) is 5.58. The Balaban J connectivity index is 0.000000564. The number of nitrogens with zero attached hydrogens (tertiary/aromatic N) is 3. The first-order valence-electron chi connectivity index (χ1n) is 14.7. The molecule has 0 bridgehead atoms. The van der Waals surface area contributed by atoms with Crippen LogP contribution in [-0.4, -0.2) is 93.9 Å². The molecule has 1 heterocycles. The van der Waals surface area contributed by atoms with Crippen LogP contribution in [0.25, 0.3) is 5.69 Å². The second-order valence-corrected chi connectivity index (χ2v) is 10.8. The summed E-state index contributed by atoms with van der Waals surface area (Å²) in [5.41, 5.74) is 8.09. The Bertz CT molecular complexity index is 1820. The smallest absolute Gasteiger partial charge is 0.490 e. The fourth-order valence-corrected chi connectivity index (χ4v) is 4.17. The van der Waals surface area contributed by atoms with E-state index in [1.807, 2.05) is 81.7 Å². The zero-order chi connectivity index (χ0) is 39.4. The summed E-state index contributed by atoms with van der Waals surface area (Å²) in [6.07, 6.45) is -10.2. The van der Waals surface area contributed by atoms with Gasteiger partial charge in [-0.3, -0.25) is 10.4 Å². The Hall–Kier alpha value is -6.05. The molecule has 4 aromatic rings. The van der Waals surface area contributed by atoms with Crippen molar-refractivity contribution in [1.82, 2.24) is 19.7 Å². The maximum absolute atomic E-state index is 12.9. The van der Waals surface area contributed by atoms with Gasteiger partial charge in [0.25, 0.3) is 0 Å². The molecule has 52 heavy (non-hydrogen) atoms. The van der Waals surface area contributed by atoms with Gasteiger partial charge in [-0.05, 0) is 75.1 Å². The lowest BCUT2D eigenvalue weighted by molar-refractivity contribution is -0.193. The molecule has 0 aliphatic rings. The van der Waals surface area contributed by atoms with E-state index in [2.05, 4.69) is 20.3 Å². The molecule has 2 unspecified atom stereocenters. The first-order chi connectivity index (χ1) is 24.1. The summed E-state index contributed by atoms with van der Waals surface area (Å²) in [6, 6.07) is 21.5. The van der Waals surface area contributed by atoms with Gasteiger partial charge in [-0.25, -0.2) is 14.4 Å². The Kier molecular flexibility index (Phi) is 14.8. The normalized spacial score (nSPS) is 12.3. The molecule has 0 saturated heterocycles. The maximum Gasteiger partial charge on any atom is 0.490 e. The first-order valence-corrected chi connectivity index (χ1v) is 14.7. The van der Waals surface area contributed by atoms with Gasteiger partial charge in [0.05, 0.1) is 12.8 Å². The molecule has 0 radical (unpaired) electrons. The molecule has 0 spiro atoms. The predicted octanol–water partition coefficient (Wildman–Crippen LogP) is 4.65. The predicted molar refractivity (Wildman–Crippen MR) is 176 cm³/mol. The third kappa shape index (κ3) is 13.0. The number of aromatic amines is 1. The van der Waals surface area contributed by atoms with Crippen LogP contribution >= 0.6 is 0 Å². The number of ether oxygens (including phenoxy) is 2. The van der Waals surface area contributed by atoms with E-state index in [0.29, 0.717) is 28.6 Å². The molecule has 0 aliphatic heterocycles. The van der Waals surface area contributed by atoms with Crippen LogP contribution in [0.2, 0.25) is 0 Å². The number of aromatic nitrogens is 3. The van der Waals surface area contributed by atoms with Gasteiger partial charge in [-0.1, -0.05) is 24.3 Å². The Morgan fingerprint density at radius 3 is 1.96 bits per heavy atom. The molecule has 4 rings (SSSR count). The molecular weight excluding hydrogens is 708 g/mol. The van der Waals surface area contributed by atoms with Crippen molar-refractivity contribution >= 4 is 23.5 Å². The number of halogens is 6. The SMILES string of the molecule is COc1cc(C(Nc2ccc(C(=N)N)cc2)c2nn(-c3ccccc3)c(=O)[nH]2)ccc1OC(C)CN(C)C.O=C(O)C(F)(F)F.O=C(O)C(F)(F)F. The minimum Gasteiger partial charge on any atom is -0.493 e. The summed E-state index contributed by atoms with van der Waals surface area (Å²) >= 11 is 0. The number of benzene rings is 3. The lowest BCUT2D eigenvalue weighted by atomic mass is 10.0. The number of nitrogens with two attached hydrogens (primary N) is 1. The van der Waals surface area contributed by atoms with Gasteiger partial charge in [0.1, 0.15) is 18.0 Å². The van der Waals surface area contributed by atoms with Crippen LogP contribution in [0.15, 0.2) is 77.6 Å². The molecule has 2 atom stereocenters. The van der Waals surface area contributed by atoms with Crippen LogP contribution in [0.5, 0.6) is 11.5 Å². The number of H-pyrrole nitrogens is 1. The fourth-order valence-electron chi connectivity index (χ4n) is 4.17. The zero-order valence-electron chi connectivity index (χ0n) is 27.9. The number of anilines is 1. The molecular formula is C32H35F6N7O7. The lowest BCUT2D eigenvalue weighted by Gasteiger charge is -2.22. The fraction of sp³-hybridized carbons (Fsp3) is 0.281. The number of carboxylic acid groups (broad SMARTS) is 2. The zero-order valence-corrected chi connectivity index (χ0v) is 27.9. The van der Waals surface area contributed by atoms with Crippen LogP contribution in [0.1, 0.15) is 29.9 Å². The maximum atomic E-state index is 12.9. The molecule has 20 heteroatoms. The van der Waals surface area contributed by atoms with Crippen molar-refractivity contribution in [3.05, 3.63) is 100 Å². The van der Waals surface area contributed by atoms with E-state index < -0.39 is 30.3 Å². The van der Waals surface area contributed by atoms with E-state index in [4.69, 9.17) is 40.4 Å². The highest BCUT2D eigenvalue weighted by Crippen LogP contribution is 2.34. The summed E-state index contributed by atoms with van der Waals surface area (Å²) in [5, 5.41) is 30.0. The number of para-hydroxylation sites is 1. The van der Waals surface area contributed by atoms with Crippen molar-refractivity contribution in [3.8, 4) is 17.2 Å². The standard InChI is InChI=1S/C28H33N7O3.2C2HF3O2/c1-18(17-34(2)3)38-23-15-12-20(16-24(23)37-4)25(31-21-13-10-19(11-14-21)26(29)30)27-32-28(36)35(33-27)22-8-6-5-7-9-22;2*3-2(4,5)1(6)7/h5-16,18,25,31H,17H2,1-4H3,(H3,29,30)(H,32,33,36);2*(H,6,7). The molecule has 3 aromatic carbocycles. The van der Waals surface area contributed by atoms with Crippen molar-refractivity contribution in [1.29, 1.82) is 5.41 Å². The number of carboxylic acids is 2. The van der Waals surface area contributed by atoms with Crippen LogP contribution in [-0.2, 0) is 9.59 Å². The number of nitrogens with one attached hydrogen (secondary N) is 3. The van der Waals surface area contributed by atoms with Crippen LogP contribution in [0.4, 0.5) is 32.0 Å². The molecule has 14 nitrogen and oxygen atoms in total. The number of aliphatic carboxylic acids is 2. The third-order valence-electron chi connectivity index (χ3n) is 6.37. The molecule has 282 valence electrons. The largest absolute Gasteiger partial charge is 0.493 e. The number of hydrogen-bond donors (Lipinski definition) is 6. The van der Waals surface area contributed by atoms with E-state index in [1.165, 1.54) is 4.68 Å². The molecule has 0 amide bonds. The van der Waals surface area contributed by atoms with Gasteiger partial charge in [0.2, 0.25) is 0 Å². The number of alkyl halides is 6. The quantitative estimate of drug-likeness (QED) is 0.0708. The molecule has 1 aromatic heterocycles. The molecule has 0 saturated carbocycles. The van der Waals surface area contributed by atoms with Crippen molar-refractivity contribution in [2.45, 2.75) is 31.4 Å². The molecule has 0 aliphatic carbocycles. The monoisotopic (exact) mass is 743 g/mol. The van der Waals surface area contributed by atoms with Gasteiger partial charge in [0.15, 0.2) is 17.3 Å². The van der Waals surface area contributed by atoms with Crippen molar-refractivity contribution in [3.63, 3.8) is 0 Å². The first kappa shape index (κ1) is 42.1. The van der Waals surface area contributed by atoms with Crippen molar-refractivity contribution < 1.29 is 55.6 Å². The molecule has 7 N–H and O–H groups in total. The number of carbonyl (C=O) groups is 2. The number of hydrogen-bond acceptors (Lipinski definition) is 9. The second-order valence-electron chi connectivity index (χ2n) is 10.8. The van der Waals surface area contributed by atoms with Gasteiger partial charge in [-0.15, -0.1) is 5.10 Å². The van der Waals surface area contributed by atoms with Crippen LogP contribution in [0, 0.1) is 5.41 Å². The minimum absolute atomic E-state index is 0.0112. The Labute approximate surface area is 291 Å². The van der Waals surface area contributed by atoms with Crippen LogP contribution in [0.3, 0.4) is 0 Å². The third-order valence-corrected chi connectivity index (χ3v) is 6.37. The van der Waals surface area contributed by atoms with Crippen LogP contribution < -0.4 is 26.2 Å². The lowest BCUT2D eigenvalue weighted by Crippen LogP contribution is -2.28. The van der Waals surface area contributed by atoms with Gasteiger partial charge in [0, 0.05) is 17.8 Å². The number of likely N-dealkylation sites (N-methyl/N-ethyl adjacent to an activating group) is 1. The number of methoxy groups -OCH3 is 1. The van der Waals surface area contributed by atoms with E-state index >= 15 is 0 Å². The highest BCUT2D eigenvalue weighted by molar-refractivity contribution is 5.95. The van der Waals surface area contributed by atoms with Crippen molar-refractivity contribution in [2.75, 3.05) is 33.1 Å². The van der Waals surface area contributed by atoms with Gasteiger partial charge in [-0.2, -0.15) is 31.0 Å². The Morgan fingerprint density at radius 2 is 1.50 bits per heavy atom. The minimum atomic E-state index is -5.08. The van der Waals surface area contributed by atoms with E-state index in [9.17, 15) is 31.1 Å². The number of rotatable bonds is 11. The second kappa shape index (κ2) is 18.3. The number of amidine groups is 1. The highest BCUT2D eigenvalue weighted by atomic mass is 19.4. The summed E-state index contributed by atoms with van der Waals surface area (Å²) in [5.74, 6) is -3.91. The van der Waals surface area contributed by atoms with E-state index in [1.54, 1.807) is 19.2 Å². The highest BCUT2D eigenvalue weighted by Gasteiger charge is 2.39. The Morgan fingerprint density at radius 1 is 0.962 bits per heavy atom. The van der Waals surface area contributed by atoms with Gasteiger partial charge >= 0.3 is 30.0 Å². The summed E-state index contributed by atoms with van der Waals surface area (Å²) < 4.78 is 76.6. The van der Waals surface area contributed by atoms with Crippen molar-refractivity contribution in [2.24, 2.45) is 5.73 Å². The number of nitrogen functional groups attached to an aromatic ring is 1. The van der Waals surface area contributed by atoms with E-state index in [0.717, 1.165) is 17.8 Å². The topological polar surface area (TPSA) is 209 Å².